The molecule has 0 aliphatic rings. The maximum atomic E-state index is 12.1. The summed E-state index contributed by atoms with van der Waals surface area (Å²) in [5.74, 6) is 0.891. The maximum Gasteiger partial charge on any atom is 0.220 e. The van der Waals surface area contributed by atoms with Crippen molar-refractivity contribution in [2.45, 2.75) is 80.1 Å². The number of nitrogens with zero attached hydrogens (tertiary/aromatic N) is 5. The van der Waals surface area contributed by atoms with Crippen LogP contribution in [0.3, 0.4) is 0 Å². The Morgan fingerprint density at radius 1 is 1.10 bits per heavy atom. The van der Waals surface area contributed by atoms with Crippen LogP contribution in [-0.2, 0) is 17.9 Å². The van der Waals surface area contributed by atoms with Crippen LogP contribution in [0.2, 0.25) is 0 Å². The van der Waals surface area contributed by atoms with Gasteiger partial charge in [-0.1, -0.05) is 48.9 Å². The van der Waals surface area contributed by atoms with E-state index in [4.69, 9.17) is 0 Å². The average molecular weight is 413 g/mol. The van der Waals surface area contributed by atoms with Gasteiger partial charge in [0.15, 0.2) is 0 Å². The third-order valence-electron chi connectivity index (χ3n) is 4.65. The fourth-order valence-corrected chi connectivity index (χ4v) is 3.16. The van der Waals surface area contributed by atoms with Crippen molar-refractivity contribution in [1.82, 2.24) is 20.1 Å². The summed E-state index contributed by atoms with van der Waals surface area (Å²) >= 11 is 0. The molecule has 0 saturated heterocycles. The third-order valence-corrected chi connectivity index (χ3v) is 4.65. The molecular formula is C23H36N6O. The fourth-order valence-electron chi connectivity index (χ4n) is 3.16. The number of hydrogen-bond donors (Lipinski definition) is 1. The lowest BCUT2D eigenvalue weighted by Gasteiger charge is -2.25. The minimum atomic E-state index is 0.0326. The van der Waals surface area contributed by atoms with Crippen LogP contribution in [0, 0.1) is 12.8 Å². The number of amides is 1. The van der Waals surface area contributed by atoms with E-state index in [0.717, 1.165) is 11.1 Å². The van der Waals surface area contributed by atoms with Crippen molar-refractivity contribution in [2.24, 2.45) is 16.3 Å². The van der Waals surface area contributed by atoms with Gasteiger partial charge < -0.3 is 5.32 Å². The lowest BCUT2D eigenvalue weighted by Crippen LogP contribution is -2.31. The summed E-state index contributed by atoms with van der Waals surface area (Å²) in [5, 5.41) is 18.4. The van der Waals surface area contributed by atoms with Crippen molar-refractivity contribution in [3.63, 3.8) is 0 Å². The van der Waals surface area contributed by atoms with Gasteiger partial charge in [-0.05, 0) is 46.1 Å². The highest BCUT2D eigenvalue weighted by molar-refractivity contribution is 5.76. The Morgan fingerprint density at radius 2 is 1.73 bits per heavy atom. The zero-order valence-electron chi connectivity index (χ0n) is 19.4. The highest BCUT2D eigenvalue weighted by atomic mass is 16.1. The van der Waals surface area contributed by atoms with Crippen LogP contribution in [0.5, 0.6) is 0 Å². The fraction of sp³-hybridized carbons (Fsp3) is 0.565. The van der Waals surface area contributed by atoms with Crippen LogP contribution in [0.15, 0.2) is 40.8 Å². The van der Waals surface area contributed by atoms with E-state index in [1.165, 1.54) is 5.56 Å². The second-order valence-electron chi connectivity index (χ2n) is 8.79. The van der Waals surface area contributed by atoms with Crippen molar-refractivity contribution in [1.29, 1.82) is 0 Å². The average Bonchev–Trinajstić information content (AvgIpc) is 3.02. The summed E-state index contributed by atoms with van der Waals surface area (Å²) in [6.07, 6.45) is 2.45. The zero-order valence-corrected chi connectivity index (χ0v) is 19.4. The van der Waals surface area contributed by atoms with Crippen molar-refractivity contribution in [3.8, 4) is 0 Å². The van der Waals surface area contributed by atoms with Crippen molar-refractivity contribution >= 4 is 11.7 Å². The number of rotatable bonds is 10. The summed E-state index contributed by atoms with van der Waals surface area (Å²) < 4.78 is 1.86. The summed E-state index contributed by atoms with van der Waals surface area (Å²) in [5.41, 5.74) is 3.24. The maximum absolute atomic E-state index is 12.1. The Hall–Kier alpha value is -2.70. The van der Waals surface area contributed by atoms with E-state index in [0.29, 0.717) is 31.2 Å². The van der Waals surface area contributed by atoms with Crippen molar-refractivity contribution in [3.05, 3.63) is 47.2 Å². The van der Waals surface area contributed by atoms with E-state index in [1.807, 2.05) is 29.7 Å². The van der Waals surface area contributed by atoms with E-state index in [2.05, 4.69) is 79.6 Å². The van der Waals surface area contributed by atoms with Gasteiger partial charge in [0.25, 0.3) is 0 Å². The first-order chi connectivity index (χ1) is 14.2. The minimum Gasteiger partial charge on any atom is -0.352 e. The van der Waals surface area contributed by atoms with Gasteiger partial charge in [-0.25, -0.2) is 0 Å². The number of carbonyl (C=O) groups excluding carboxylic acids is 1. The molecule has 1 heterocycles. The molecule has 1 aromatic carbocycles. The highest BCUT2D eigenvalue weighted by Crippen LogP contribution is 2.20. The molecule has 0 atom stereocenters. The normalized spacial score (nSPS) is 11.8. The van der Waals surface area contributed by atoms with E-state index in [1.54, 1.807) is 0 Å². The quantitative estimate of drug-likeness (QED) is 0.440. The van der Waals surface area contributed by atoms with Crippen LogP contribution in [-0.4, -0.2) is 32.8 Å². The predicted octanol–water partition coefficient (Wildman–Crippen LogP) is 5.02. The minimum absolute atomic E-state index is 0.0326. The number of aromatic nitrogens is 2. The van der Waals surface area contributed by atoms with Crippen LogP contribution in [0.4, 0.5) is 5.82 Å². The van der Waals surface area contributed by atoms with Crippen molar-refractivity contribution < 1.29 is 4.79 Å². The Kier molecular flexibility index (Phi) is 8.57. The number of hydrogen-bond acceptors (Lipinski definition) is 4. The third kappa shape index (κ3) is 7.28. The van der Waals surface area contributed by atoms with E-state index < -0.39 is 0 Å². The molecule has 1 N–H and O–H groups in total. The molecule has 0 fully saturated rings. The summed E-state index contributed by atoms with van der Waals surface area (Å²) in [4.78, 5) is 12.1. The summed E-state index contributed by atoms with van der Waals surface area (Å²) in [6.45, 7) is 15.5. The second-order valence-corrected chi connectivity index (χ2v) is 8.79. The first kappa shape index (κ1) is 23.6. The molecule has 164 valence electrons. The molecular weight excluding hydrogens is 376 g/mol. The Labute approximate surface area is 180 Å². The molecule has 2 aromatic rings. The molecule has 7 heteroatoms. The standard InChI is InChI=1S/C23H36N6O/c1-16(2)12-22(30)24-13-21-15-28(14-20-10-8-19(7)9-11-20)26-23(21)25-27-29(17(3)4)18(5)6/h8-11,15-18H,12-14H2,1-7H3,(H,24,30). The zero-order chi connectivity index (χ0) is 22.3. The summed E-state index contributed by atoms with van der Waals surface area (Å²) in [7, 11) is 0. The van der Waals surface area contributed by atoms with Gasteiger partial charge in [0.05, 0.1) is 6.54 Å². The van der Waals surface area contributed by atoms with E-state index in [9.17, 15) is 4.79 Å². The Balaban J connectivity index is 2.23. The second kappa shape index (κ2) is 10.9. The Morgan fingerprint density at radius 3 is 2.30 bits per heavy atom. The molecule has 0 saturated carbocycles. The van der Waals surface area contributed by atoms with Crippen LogP contribution in [0.25, 0.3) is 0 Å². The van der Waals surface area contributed by atoms with Crippen molar-refractivity contribution in [2.75, 3.05) is 0 Å². The first-order valence-electron chi connectivity index (χ1n) is 10.7. The van der Waals surface area contributed by atoms with Gasteiger partial charge >= 0.3 is 0 Å². The van der Waals surface area contributed by atoms with E-state index in [-0.39, 0.29) is 18.0 Å². The number of nitrogens with one attached hydrogen (secondary N) is 1. The lowest BCUT2D eigenvalue weighted by molar-refractivity contribution is -0.121. The molecule has 2 rings (SSSR count). The largest absolute Gasteiger partial charge is 0.352 e. The monoisotopic (exact) mass is 412 g/mol. The SMILES string of the molecule is Cc1ccc(Cn2cc(CNC(=O)CC(C)C)c(N=NN(C(C)C)C(C)C)n2)cc1. The molecule has 0 aliphatic carbocycles. The predicted molar refractivity (Wildman–Crippen MR) is 120 cm³/mol. The van der Waals surface area contributed by atoms with Gasteiger partial charge in [0, 0.05) is 36.8 Å². The van der Waals surface area contributed by atoms with Crippen LogP contribution < -0.4 is 5.32 Å². The van der Waals surface area contributed by atoms with Crippen LogP contribution >= 0.6 is 0 Å². The molecule has 0 unspecified atom stereocenters. The number of benzene rings is 1. The number of carbonyl (C=O) groups is 1. The van der Waals surface area contributed by atoms with Gasteiger partial charge in [0.2, 0.25) is 11.7 Å². The van der Waals surface area contributed by atoms with Gasteiger partial charge in [-0.15, -0.1) is 5.11 Å². The number of aryl methyl sites for hydroxylation is 1. The smallest absolute Gasteiger partial charge is 0.220 e. The highest BCUT2D eigenvalue weighted by Gasteiger charge is 2.14. The lowest BCUT2D eigenvalue weighted by atomic mass is 10.1. The van der Waals surface area contributed by atoms with Gasteiger partial charge in [0.1, 0.15) is 0 Å². The van der Waals surface area contributed by atoms with Gasteiger partial charge in [-0.2, -0.15) is 5.10 Å². The molecule has 30 heavy (non-hydrogen) atoms. The topological polar surface area (TPSA) is 74.9 Å². The van der Waals surface area contributed by atoms with E-state index >= 15 is 0 Å². The van der Waals surface area contributed by atoms with Crippen LogP contribution in [0.1, 0.15) is 64.7 Å². The molecule has 1 aromatic heterocycles. The molecule has 1 amide bonds. The first-order valence-corrected chi connectivity index (χ1v) is 10.7. The molecule has 0 bridgehead atoms. The molecule has 0 spiro atoms. The summed E-state index contributed by atoms with van der Waals surface area (Å²) in [6, 6.07) is 8.85. The Bertz CT molecular complexity index is 828. The molecule has 7 nitrogen and oxygen atoms in total. The molecule has 0 radical (unpaired) electrons. The van der Waals surface area contributed by atoms with Gasteiger partial charge in [-0.3, -0.25) is 14.5 Å². The molecule has 0 aliphatic heterocycles.